The van der Waals surface area contributed by atoms with Gasteiger partial charge in [-0.25, -0.2) is 0 Å². The summed E-state index contributed by atoms with van der Waals surface area (Å²) in [5.41, 5.74) is -0.725. The summed E-state index contributed by atoms with van der Waals surface area (Å²) in [5, 5.41) is 12.3. The summed E-state index contributed by atoms with van der Waals surface area (Å²) >= 11 is 0. The monoisotopic (exact) mass is 269 g/mol. The Morgan fingerprint density at radius 1 is 1.11 bits per heavy atom. The Kier molecular flexibility index (Phi) is 6.89. The maximum atomic E-state index is 11.7. The zero-order valence-electron chi connectivity index (χ0n) is 12.0. The van der Waals surface area contributed by atoms with Gasteiger partial charge >= 0.3 is 5.97 Å². The quantitative estimate of drug-likeness (QED) is 0.551. The van der Waals surface area contributed by atoms with Crippen molar-refractivity contribution in [2.45, 2.75) is 71.1 Å². The van der Waals surface area contributed by atoms with Gasteiger partial charge in [-0.1, -0.05) is 45.4 Å². The molecule has 1 amide bonds. The highest BCUT2D eigenvalue weighted by Gasteiger charge is 2.38. The number of rotatable bonds is 7. The predicted molar refractivity (Wildman–Crippen MR) is 74.9 cm³/mol. The second kappa shape index (κ2) is 8.18. The van der Waals surface area contributed by atoms with Crippen LogP contribution in [0.5, 0.6) is 0 Å². The first-order valence-corrected chi connectivity index (χ1v) is 7.61. The minimum absolute atomic E-state index is 0.00155. The van der Waals surface area contributed by atoms with E-state index in [1.807, 2.05) is 0 Å². The third-order valence-corrected chi connectivity index (χ3v) is 4.15. The highest BCUT2D eigenvalue weighted by Crippen LogP contribution is 2.34. The highest BCUT2D eigenvalue weighted by molar-refractivity contribution is 5.79. The smallest absolute Gasteiger partial charge is 0.311 e. The molecule has 1 saturated carbocycles. The predicted octanol–water partition coefficient (Wildman–Crippen LogP) is 3.11. The number of hydrogen-bond acceptors (Lipinski definition) is 2. The normalized spacial score (nSPS) is 18.6. The average Bonchev–Trinajstić information content (AvgIpc) is 2.63. The van der Waals surface area contributed by atoms with Crippen LogP contribution < -0.4 is 5.32 Å². The van der Waals surface area contributed by atoms with Crippen LogP contribution in [0.2, 0.25) is 0 Å². The van der Waals surface area contributed by atoms with Gasteiger partial charge in [0.15, 0.2) is 0 Å². The van der Waals surface area contributed by atoms with Crippen LogP contribution in [-0.4, -0.2) is 23.5 Å². The number of carboxylic acid groups (broad SMARTS) is 1. The first kappa shape index (κ1) is 16.0. The molecular formula is C15H27NO3. The summed E-state index contributed by atoms with van der Waals surface area (Å²) in [4.78, 5) is 23.3. The Morgan fingerprint density at radius 2 is 1.74 bits per heavy atom. The largest absolute Gasteiger partial charge is 0.481 e. The molecule has 0 bridgehead atoms. The van der Waals surface area contributed by atoms with Gasteiger partial charge in [-0.05, 0) is 19.3 Å². The van der Waals surface area contributed by atoms with Gasteiger partial charge in [0.05, 0.1) is 5.41 Å². The molecule has 4 nitrogen and oxygen atoms in total. The zero-order valence-corrected chi connectivity index (χ0v) is 12.0. The van der Waals surface area contributed by atoms with Gasteiger partial charge in [0.25, 0.3) is 0 Å². The first-order valence-electron chi connectivity index (χ1n) is 7.61. The molecule has 2 N–H and O–H groups in total. The minimum atomic E-state index is -0.747. The van der Waals surface area contributed by atoms with E-state index in [-0.39, 0.29) is 5.91 Å². The Labute approximate surface area is 116 Å². The van der Waals surface area contributed by atoms with Gasteiger partial charge in [-0.2, -0.15) is 0 Å². The van der Waals surface area contributed by atoms with Crippen molar-refractivity contribution in [1.82, 2.24) is 5.32 Å². The van der Waals surface area contributed by atoms with Gasteiger partial charge in [-0.3, -0.25) is 9.59 Å². The SMILES string of the molecule is CCCCCC(=O)NCC1(C(=O)O)CCCCCC1. The van der Waals surface area contributed by atoms with Crippen LogP contribution in [0.3, 0.4) is 0 Å². The lowest BCUT2D eigenvalue weighted by atomic mass is 9.80. The molecule has 1 rings (SSSR count). The van der Waals surface area contributed by atoms with Crippen LogP contribution >= 0.6 is 0 Å². The zero-order chi connectivity index (χ0) is 14.1. The van der Waals surface area contributed by atoms with Crippen LogP contribution in [0, 0.1) is 5.41 Å². The molecule has 0 saturated heterocycles. The van der Waals surface area contributed by atoms with Gasteiger partial charge in [-0.15, -0.1) is 0 Å². The number of unbranched alkanes of at least 4 members (excludes halogenated alkanes) is 2. The molecule has 1 aliphatic rings. The van der Waals surface area contributed by atoms with Gasteiger partial charge in [0.1, 0.15) is 0 Å². The Morgan fingerprint density at radius 3 is 2.26 bits per heavy atom. The molecule has 4 heteroatoms. The Hall–Kier alpha value is -1.06. The number of nitrogens with one attached hydrogen (secondary N) is 1. The summed E-state index contributed by atoms with van der Waals surface area (Å²) < 4.78 is 0. The molecule has 110 valence electrons. The van der Waals surface area contributed by atoms with Crippen LogP contribution in [-0.2, 0) is 9.59 Å². The molecule has 0 radical (unpaired) electrons. The van der Waals surface area contributed by atoms with E-state index < -0.39 is 11.4 Å². The van der Waals surface area contributed by atoms with Crippen molar-refractivity contribution in [3.05, 3.63) is 0 Å². The minimum Gasteiger partial charge on any atom is -0.481 e. The molecule has 1 aliphatic carbocycles. The van der Waals surface area contributed by atoms with E-state index in [4.69, 9.17) is 0 Å². The molecule has 0 aromatic rings. The molecule has 0 spiro atoms. The lowest BCUT2D eigenvalue weighted by molar-refractivity contribution is -0.149. The number of amides is 1. The third kappa shape index (κ3) is 5.21. The van der Waals surface area contributed by atoms with Crippen molar-refractivity contribution in [3.8, 4) is 0 Å². The molecule has 19 heavy (non-hydrogen) atoms. The molecule has 1 fully saturated rings. The van der Waals surface area contributed by atoms with E-state index >= 15 is 0 Å². The standard InChI is InChI=1S/C15H27NO3/c1-2-3-6-9-13(17)16-12-15(14(18)19)10-7-4-5-8-11-15/h2-12H2,1H3,(H,16,17)(H,18,19). The molecular weight excluding hydrogens is 242 g/mol. The second-order valence-corrected chi connectivity index (χ2v) is 5.73. The van der Waals surface area contributed by atoms with Gasteiger partial charge in [0.2, 0.25) is 5.91 Å². The molecule has 0 unspecified atom stereocenters. The lowest BCUT2D eigenvalue weighted by Gasteiger charge is -2.28. The summed E-state index contributed by atoms with van der Waals surface area (Å²) in [5.74, 6) is -0.749. The average molecular weight is 269 g/mol. The molecule has 0 aliphatic heterocycles. The number of hydrogen-bond donors (Lipinski definition) is 2. The number of carboxylic acids is 1. The van der Waals surface area contributed by atoms with Crippen molar-refractivity contribution in [2.75, 3.05) is 6.54 Å². The van der Waals surface area contributed by atoms with E-state index in [0.29, 0.717) is 25.8 Å². The van der Waals surface area contributed by atoms with Crippen molar-refractivity contribution in [2.24, 2.45) is 5.41 Å². The molecule has 0 aromatic carbocycles. The highest BCUT2D eigenvalue weighted by atomic mass is 16.4. The molecule has 0 aromatic heterocycles. The summed E-state index contributed by atoms with van der Waals surface area (Å²) in [6, 6.07) is 0. The summed E-state index contributed by atoms with van der Waals surface area (Å²) in [6.45, 7) is 2.40. The second-order valence-electron chi connectivity index (χ2n) is 5.73. The van der Waals surface area contributed by atoms with E-state index in [1.165, 1.54) is 0 Å². The van der Waals surface area contributed by atoms with Gasteiger partial charge < -0.3 is 10.4 Å². The number of aliphatic carboxylic acids is 1. The third-order valence-electron chi connectivity index (χ3n) is 4.15. The maximum absolute atomic E-state index is 11.7. The van der Waals surface area contributed by atoms with Crippen molar-refractivity contribution >= 4 is 11.9 Å². The summed E-state index contributed by atoms with van der Waals surface area (Å²) in [7, 11) is 0. The number of carbonyl (C=O) groups excluding carboxylic acids is 1. The molecule has 0 heterocycles. The fourth-order valence-electron chi connectivity index (χ4n) is 2.76. The van der Waals surface area contributed by atoms with Crippen molar-refractivity contribution in [3.63, 3.8) is 0 Å². The van der Waals surface area contributed by atoms with Gasteiger partial charge in [0, 0.05) is 13.0 Å². The van der Waals surface area contributed by atoms with E-state index in [1.54, 1.807) is 0 Å². The van der Waals surface area contributed by atoms with E-state index in [0.717, 1.165) is 44.9 Å². The van der Waals surface area contributed by atoms with Crippen molar-refractivity contribution in [1.29, 1.82) is 0 Å². The summed E-state index contributed by atoms with van der Waals surface area (Å²) in [6.07, 6.45) is 9.07. The topological polar surface area (TPSA) is 66.4 Å². The fraction of sp³-hybridized carbons (Fsp3) is 0.867. The van der Waals surface area contributed by atoms with Crippen LogP contribution in [0.1, 0.15) is 71.1 Å². The molecule has 0 atom stereocenters. The van der Waals surface area contributed by atoms with Crippen molar-refractivity contribution < 1.29 is 14.7 Å². The lowest BCUT2D eigenvalue weighted by Crippen LogP contribution is -2.42. The Balaban J connectivity index is 2.45. The first-order chi connectivity index (χ1) is 9.10. The number of carbonyl (C=O) groups is 2. The van der Waals surface area contributed by atoms with Crippen LogP contribution in [0.25, 0.3) is 0 Å². The van der Waals surface area contributed by atoms with E-state index in [9.17, 15) is 14.7 Å². The Bertz CT molecular complexity index is 294. The van der Waals surface area contributed by atoms with E-state index in [2.05, 4.69) is 12.2 Å². The van der Waals surface area contributed by atoms with Crippen LogP contribution in [0.15, 0.2) is 0 Å². The maximum Gasteiger partial charge on any atom is 0.311 e. The van der Waals surface area contributed by atoms with Crippen LogP contribution in [0.4, 0.5) is 0 Å². The fourth-order valence-corrected chi connectivity index (χ4v) is 2.76.